The fourth-order valence-electron chi connectivity index (χ4n) is 8.94. The first-order valence-corrected chi connectivity index (χ1v) is 25.4. The van der Waals surface area contributed by atoms with Crippen LogP contribution in [0.5, 0.6) is 11.5 Å². The van der Waals surface area contributed by atoms with Gasteiger partial charge in [-0.15, -0.1) is 0 Å². The number of rotatable bonds is 24. The molecule has 0 N–H and O–H groups in total. The smallest absolute Gasteiger partial charge is 0.198 e. The molecular weight excluding hydrogens is 825 g/mol. The minimum atomic E-state index is -0.432. The number of unbranched alkanes of at least 4 members (excludes halogenated alkanes) is 10. The summed E-state index contributed by atoms with van der Waals surface area (Å²) in [5.41, 5.74) is 6.45. The van der Waals surface area contributed by atoms with Crippen LogP contribution >= 0.6 is 23.5 Å². The van der Waals surface area contributed by atoms with Crippen LogP contribution < -0.4 is 9.47 Å². The molecule has 6 heteroatoms. The van der Waals surface area contributed by atoms with E-state index in [2.05, 4.69) is 86.6 Å². The molecule has 0 bridgehead atoms. The Kier molecular flexibility index (Phi) is 18.2. The molecule has 1 fully saturated rings. The monoisotopic (exact) mass is 888 g/mol. The van der Waals surface area contributed by atoms with Crippen LogP contribution in [-0.2, 0) is 9.59 Å². The Morgan fingerprint density at radius 2 is 0.719 bits per heavy atom. The van der Waals surface area contributed by atoms with Crippen molar-refractivity contribution in [1.82, 2.24) is 0 Å². The quantitative estimate of drug-likeness (QED) is 0.0446. The van der Waals surface area contributed by atoms with Crippen molar-refractivity contribution in [3.8, 4) is 33.8 Å². The summed E-state index contributed by atoms with van der Waals surface area (Å²) >= 11 is 2.57. The number of thioether (sulfide) groups is 2. The third kappa shape index (κ3) is 13.0. The maximum Gasteiger partial charge on any atom is 0.198 e. The van der Waals surface area contributed by atoms with Gasteiger partial charge in [-0.2, -0.15) is 0 Å². The highest BCUT2D eigenvalue weighted by Gasteiger charge is 2.58. The molecule has 0 spiro atoms. The van der Waals surface area contributed by atoms with Gasteiger partial charge in [0.25, 0.3) is 0 Å². The van der Waals surface area contributed by atoms with E-state index in [1.165, 1.54) is 87.7 Å². The van der Waals surface area contributed by atoms with Gasteiger partial charge in [0, 0.05) is 33.5 Å². The Balaban J connectivity index is 1.15. The van der Waals surface area contributed by atoms with Gasteiger partial charge in [0.05, 0.1) is 13.2 Å². The van der Waals surface area contributed by atoms with Crippen LogP contribution in [0.1, 0.15) is 114 Å². The van der Waals surface area contributed by atoms with Gasteiger partial charge in [-0.3, -0.25) is 9.59 Å². The Hall–Kier alpha value is -5.04. The zero-order valence-corrected chi connectivity index (χ0v) is 39.3. The molecule has 332 valence electrons. The van der Waals surface area contributed by atoms with Crippen molar-refractivity contribution in [2.45, 2.75) is 113 Å². The molecule has 0 heterocycles. The van der Waals surface area contributed by atoms with Gasteiger partial charge in [0.2, 0.25) is 0 Å². The molecule has 0 saturated heterocycles. The maximum atomic E-state index is 14.9. The topological polar surface area (TPSA) is 52.6 Å². The van der Waals surface area contributed by atoms with E-state index in [1.807, 2.05) is 84.9 Å². The molecule has 7 rings (SSSR count). The van der Waals surface area contributed by atoms with Crippen molar-refractivity contribution < 1.29 is 19.1 Å². The van der Waals surface area contributed by atoms with E-state index in [0.717, 1.165) is 67.5 Å². The molecule has 64 heavy (non-hydrogen) atoms. The van der Waals surface area contributed by atoms with E-state index < -0.39 is 11.8 Å². The molecule has 4 nitrogen and oxygen atoms in total. The molecule has 0 atom stereocenters. The van der Waals surface area contributed by atoms with Crippen molar-refractivity contribution in [3.63, 3.8) is 0 Å². The van der Waals surface area contributed by atoms with Crippen LogP contribution in [0.4, 0.5) is 0 Å². The molecule has 0 aliphatic heterocycles. The summed E-state index contributed by atoms with van der Waals surface area (Å²) < 4.78 is 12.4. The van der Waals surface area contributed by atoms with Crippen LogP contribution in [0.2, 0.25) is 0 Å². The fraction of sp³-hybridized carbons (Fsp3) is 0.345. The lowest BCUT2D eigenvalue weighted by Gasteiger charge is -2.50. The van der Waals surface area contributed by atoms with Gasteiger partial charge < -0.3 is 9.47 Å². The zero-order chi connectivity index (χ0) is 44.4. The predicted molar refractivity (Wildman–Crippen MR) is 269 cm³/mol. The molecule has 0 amide bonds. The van der Waals surface area contributed by atoms with Crippen LogP contribution in [0.25, 0.3) is 22.3 Å². The largest absolute Gasteiger partial charge is 0.494 e. The molecule has 0 unspecified atom stereocenters. The van der Waals surface area contributed by atoms with Gasteiger partial charge >= 0.3 is 0 Å². The summed E-state index contributed by atoms with van der Waals surface area (Å²) in [7, 11) is 0. The second-order valence-corrected chi connectivity index (χ2v) is 19.3. The first kappa shape index (κ1) is 46.9. The molecule has 6 aromatic rings. The Morgan fingerprint density at radius 3 is 1.08 bits per heavy atom. The van der Waals surface area contributed by atoms with Gasteiger partial charge in [-0.25, -0.2) is 0 Å². The van der Waals surface area contributed by atoms with E-state index in [4.69, 9.17) is 9.47 Å². The van der Waals surface area contributed by atoms with Gasteiger partial charge in [0.15, 0.2) is 10.2 Å². The van der Waals surface area contributed by atoms with Crippen LogP contribution in [0, 0.1) is 11.8 Å². The first-order valence-electron chi connectivity index (χ1n) is 23.7. The molecule has 0 radical (unpaired) electrons. The standard InChI is InChI=1S/C58H64O4S2/c1-3-5-7-9-11-19-41-61-49-33-25-47(26-34-49)53-55(57(59)63-51-37-29-45(30-38-51)43-21-15-13-16-22-43)54(48-27-35-50(36-28-48)62-42-20-12-10-8-6-4-2)56(53)58(60)64-52-39-31-46(32-40-52)44-23-17-14-18-24-44/h13-18,21-40,53-56H,3-12,19-20,41-42H2,1-2H3. The van der Waals surface area contributed by atoms with E-state index >= 15 is 0 Å². The summed E-state index contributed by atoms with van der Waals surface area (Å²) in [4.78, 5) is 31.5. The number of carbonyl (C=O) groups is 2. The third-order valence-electron chi connectivity index (χ3n) is 12.5. The van der Waals surface area contributed by atoms with Crippen molar-refractivity contribution in [3.05, 3.63) is 169 Å². The molecule has 1 saturated carbocycles. The fourth-order valence-corrected chi connectivity index (χ4v) is 10.8. The lowest BCUT2D eigenvalue weighted by Crippen LogP contribution is -2.49. The number of carbonyl (C=O) groups excluding carboxylic acids is 2. The summed E-state index contributed by atoms with van der Waals surface area (Å²) in [6.45, 7) is 5.84. The van der Waals surface area contributed by atoms with Crippen molar-refractivity contribution in [1.29, 1.82) is 0 Å². The Bertz CT molecular complexity index is 2120. The van der Waals surface area contributed by atoms with E-state index in [-0.39, 0.29) is 22.1 Å². The molecule has 1 aliphatic rings. The van der Waals surface area contributed by atoms with Crippen LogP contribution in [-0.4, -0.2) is 23.4 Å². The summed E-state index contributed by atoms with van der Waals surface area (Å²) in [6.07, 6.45) is 14.5. The van der Waals surface area contributed by atoms with Crippen molar-refractivity contribution in [2.24, 2.45) is 11.8 Å². The maximum absolute atomic E-state index is 14.9. The average Bonchev–Trinajstić information content (AvgIpc) is 3.32. The number of hydrogen-bond acceptors (Lipinski definition) is 6. The summed E-state index contributed by atoms with van der Waals surface area (Å²) in [5.74, 6) is 0.145. The SMILES string of the molecule is CCCCCCCCOc1ccc(C2C(C(=O)Sc3ccc(-c4ccccc4)cc3)C(c3ccc(OCCCCCCCC)cc3)C2C(=O)Sc2ccc(-c3ccccc3)cc2)cc1. The van der Waals surface area contributed by atoms with E-state index in [1.54, 1.807) is 0 Å². The Morgan fingerprint density at radius 1 is 0.391 bits per heavy atom. The van der Waals surface area contributed by atoms with Crippen LogP contribution in [0.15, 0.2) is 168 Å². The normalized spacial score (nSPS) is 16.8. The summed E-state index contributed by atoms with van der Waals surface area (Å²) in [5, 5.41) is 0.131. The number of benzene rings is 6. The number of ether oxygens (including phenoxy) is 2. The third-order valence-corrected chi connectivity index (χ3v) is 14.5. The highest BCUT2D eigenvalue weighted by atomic mass is 32.2. The second kappa shape index (κ2) is 24.9. The number of hydrogen-bond donors (Lipinski definition) is 0. The van der Waals surface area contributed by atoms with E-state index in [9.17, 15) is 9.59 Å². The summed E-state index contributed by atoms with van der Waals surface area (Å²) in [6, 6.07) is 53.5. The van der Waals surface area contributed by atoms with Crippen molar-refractivity contribution in [2.75, 3.05) is 13.2 Å². The molecule has 6 aromatic carbocycles. The van der Waals surface area contributed by atoms with Gasteiger partial charge in [-0.05, 0) is 94.8 Å². The van der Waals surface area contributed by atoms with Gasteiger partial charge in [0.1, 0.15) is 11.5 Å². The van der Waals surface area contributed by atoms with Crippen LogP contribution in [0.3, 0.4) is 0 Å². The molecular formula is C58H64O4S2. The predicted octanol–water partition coefficient (Wildman–Crippen LogP) is 16.3. The molecule has 1 aliphatic carbocycles. The Labute approximate surface area is 391 Å². The highest BCUT2D eigenvalue weighted by Crippen LogP contribution is 2.61. The highest BCUT2D eigenvalue weighted by molar-refractivity contribution is 8.14. The van der Waals surface area contributed by atoms with E-state index in [0.29, 0.717) is 13.2 Å². The minimum absolute atomic E-state index is 0.0653. The first-order chi connectivity index (χ1) is 31.5. The molecule has 0 aromatic heterocycles. The average molecular weight is 889 g/mol. The lowest BCUT2D eigenvalue weighted by atomic mass is 9.53. The van der Waals surface area contributed by atoms with Crippen molar-refractivity contribution >= 4 is 33.8 Å². The van der Waals surface area contributed by atoms with Gasteiger partial charge in [-0.1, -0.05) is 211 Å². The zero-order valence-electron chi connectivity index (χ0n) is 37.7. The minimum Gasteiger partial charge on any atom is -0.494 e. The second-order valence-electron chi connectivity index (χ2n) is 17.1. The lowest BCUT2D eigenvalue weighted by molar-refractivity contribution is -0.128.